The maximum Gasteiger partial charge on any atom is 0.282 e. The number of imide groups is 1. The highest BCUT2D eigenvalue weighted by molar-refractivity contribution is 7.14. The molecule has 11 heteroatoms. The average molecular weight is 423 g/mol. The van der Waals surface area contributed by atoms with Crippen LogP contribution < -0.4 is 5.32 Å². The van der Waals surface area contributed by atoms with E-state index in [-0.39, 0.29) is 24.1 Å². The summed E-state index contributed by atoms with van der Waals surface area (Å²) < 4.78 is 0. The second-order valence-corrected chi connectivity index (χ2v) is 7.13. The Hall–Kier alpha value is -3.99. The molecule has 3 heterocycles. The number of nitrogens with zero attached hydrogens (tertiary/aromatic N) is 4. The number of carbonyl (C=O) groups excluding carboxylic acids is 3. The standard InChI is InChI=1S/C19H13N5O5S/c25-15(22-19-21-13(10-30-19)12-5-1-2-8-20-12)7-9-23-17(26)11-4-3-6-14(24(28)29)16(11)18(23)27/h1-6,8,10H,7,9H2,(H,21,22,25). The van der Waals surface area contributed by atoms with E-state index in [9.17, 15) is 24.5 Å². The number of rotatable bonds is 6. The number of aromatic nitrogens is 2. The van der Waals surface area contributed by atoms with Crippen LogP contribution in [-0.2, 0) is 4.79 Å². The molecule has 0 saturated heterocycles. The second-order valence-electron chi connectivity index (χ2n) is 6.27. The number of pyridine rings is 1. The number of hydrogen-bond donors (Lipinski definition) is 1. The van der Waals surface area contributed by atoms with Gasteiger partial charge in [0.25, 0.3) is 17.5 Å². The van der Waals surface area contributed by atoms with Crippen molar-refractivity contribution in [1.29, 1.82) is 0 Å². The monoisotopic (exact) mass is 423 g/mol. The smallest absolute Gasteiger partial charge is 0.282 e. The molecule has 30 heavy (non-hydrogen) atoms. The Morgan fingerprint density at radius 1 is 1.13 bits per heavy atom. The quantitative estimate of drug-likeness (QED) is 0.366. The fourth-order valence-electron chi connectivity index (χ4n) is 3.03. The van der Waals surface area contributed by atoms with Gasteiger partial charge in [-0.3, -0.25) is 34.4 Å². The molecule has 1 aromatic carbocycles. The van der Waals surface area contributed by atoms with Gasteiger partial charge in [-0.15, -0.1) is 11.3 Å². The van der Waals surface area contributed by atoms with Crippen LogP contribution in [0.4, 0.5) is 10.8 Å². The number of amides is 3. The Morgan fingerprint density at radius 2 is 1.97 bits per heavy atom. The van der Waals surface area contributed by atoms with E-state index >= 15 is 0 Å². The van der Waals surface area contributed by atoms with Crippen molar-refractivity contribution < 1.29 is 19.3 Å². The van der Waals surface area contributed by atoms with E-state index in [4.69, 9.17) is 0 Å². The number of anilines is 1. The Bertz CT molecular complexity index is 1180. The minimum absolute atomic E-state index is 0.0328. The summed E-state index contributed by atoms with van der Waals surface area (Å²) in [5, 5.41) is 15.9. The van der Waals surface area contributed by atoms with Crippen molar-refractivity contribution >= 4 is 39.9 Å². The van der Waals surface area contributed by atoms with Crippen LogP contribution >= 0.6 is 11.3 Å². The lowest BCUT2D eigenvalue weighted by atomic mass is 10.1. The molecule has 2 aromatic heterocycles. The van der Waals surface area contributed by atoms with Crippen molar-refractivity contribution in [3.05, 3.63) is 69.2 Å². The topological polar surface area (TPSA) is 135 Å². The molecule has 3 amide bonds. The van der Waals surface area contributed by atoms with E-state index in [1.807, 2.05) is 6.07 Å². The van der Waals surface area contributed by atoms with E-state index in [2.05, 4.69) is 15.3 Å². The van der Waals surface area contributed by atoms with Gasteiger partial charge in [-0.1, -0.05) is 12.1 Å². The van der Waals surface area contributed by atoms with Crippen molar-refractivity contribution in [2.24, 2.45) is 0 Å². The van der Waals surface area contributed by atoms with Crippen LogP contribution in [-0.4, -0.2) is 44.1 Å². The highest BCUT2D eigenvalue weighted by Gasteiger charge is 2.40. The summed E-state index contributed by atoms with van der Waals surface area (Å²) in [6.07, 6.45) is 1.47. The predicted octanol–water partition coefficient (Wildman–Crippen LogP) is 2.74. The number of fused-ring (bicyclic) bond motifs is 1. The molecule has 1 aliphatic heterocycles. The average Bonchev–Trinajstić information content (AvgIpc) is 3.30. The molecule has 0 spiro atoms. The lowest BCUT2D eigenvalue weighted by molar-refractivity contribution is -0.385. The van der Waals surface area contributed by atoms with Crippen molar-refractivity contribution in [2.75, 3.05) is 11.9 Å². The fourth-order valence-corrected chi connectivity index (χ4v) is 3.75. The van der Waals surface area contributed by atoms with E-state index in [0.717, 1.165) is 4.90 Å². The zero-order valence-electron chi connectivity index (χ0n) is 15.3. The number of thiazole rings is 1. The van der Waals surface area contributed by atoms with Crippen molar-refractivity contribution in [1.82, 2.24) is 14.9 Å². The molecule has 0 bridgehead atoms. The minimum Gasteiger partial charge on any atom is -0.302 e. The Balaban J connectivity index is 1.41. The van der Waals surface area contributed by atoms with Gasteiger partial charge in [-0.2, -0.15) is 0 Å². The largest absolute Gasteiger partial charge is 0.302 e. The Labute approximate surface area is 173 Å². The van der Waals surface area contributed by atoms with Crippen LogP contribution in [0.15, 0.2) is 48.0 Å². The zero-order chi connectivity index (χ0) is 21.3. The van der Waals surface area contributed by atoms with Gasteiger partial charge in [0.05, 0.1) is 16.2 Å². The van der Waals surface area contributed by atoms with Gasteiger partial charge in [-0.25, -0.2) is 4.98 Å². The van der Waals surface area contributed by atoms with Crippen LogP contribution in [0.1, 0.15) is 27.1 Å². The van der Waals surface area contributed by atoms with Crippen LogP contribution in [0.2, 0.25) is 0 Å². The number of nitrogens with one attached hydrogen (secondary N) is 1. The first kappa shape index (κ1) is 19.3. The molecule has 0 saturated carbocycles. The van der Waals surface area contributed by atoms with E-state index in [1.54, 1.807) is 23.7 Å². The molecule has 1 N–H and O–H groups in total. The Kier molecular flexibility index (Phi) is 5.02. The summed E-state index contributed by atoms with van der Waals surface area (Å²) in [6, 6.07) is 9.28. The first-order valence-electron chi connectivity index (χ1n) is 8.76. The van der Waals surface area contributed by atoms with Crippen LogP contribution in [0.25, 0.3) is 11.4 Å². The summed E-state index contributed by atoms with van der Waals surface area (Å²) in [7, 11) is 0. The molecule has 0 aliphatic carbocycles. The maximum atomic E-state index is 12.5. The van der Waals surface area contributed by atoms with Gasteiger partial charge in [0.15, 0.2) is 5.13 Å². The third-order valence-electron chi connectivity index (χ3n) is 4.41. The van der Waals surface area contributed by atoms with E-state index in [1.165, 1.54) is 29.5 Å². The van der Waals surface area contributed by atoms with Gasteiger partial charge in [0.1, 0.15) is 11.3 Å². The van der Waals surface area contributed by atoms with Crippen molar-refractivity contribution in [2.45, 2.75) is 6.42 Å². The van der Waals surface area contributed by atoms with Gasteiger partial charge < -0.3 is 5.32 Å². The molecule has 0 radical (unpaired) electrons. The summed E-state index contributed by atoms with van der Waals surface area (Å²) in [5.41, 5.74) is 0.579. The number of nitro benzene ring substituents is 1. The molecule has 0 unspecified atom stereocenters. The molecule has 10 nitrogen and oxygen atoms in total. The lowest BCUT2D eigenvalue weighted by Crippen LogP contribution is -2.33. The molecular weight excluding hydrogens is 410 g/mol. The van der Waals surface area contributed by atoms with E-state index < -0.39 is 28.3 Å². The fraction of sp³-hybridized carbons (Fsp3) is 0.105. The highest BCUT2D eigenvalue weighted by Crippen LogP contribution is 2.30. The maximum absolute atomic E-state index is 12.5. The van der Waals surface area contributed by atoms with Gasteiger partial charge in [-0.05, 0) is 18.2 Å². The number of carbonyl (C=O) groups is 3. The van der Waals surface area contributed by atoms with E-state index in [0.29, 0.717) is 16.5 Å². The first-order chi connectivity index (χ1) is 14.5. The van der Waals surface area contributed by atoms with Crippen LogP contribution in [0.5, 0.6) is 0 Å². The second kappa shape index (κ2) is 7.79. The summed E-state index contributed by atoms with van der Waals surface area (Å²) in [5.74, 6) is -1.87. The lowest BCUT2D eigenvalue weighted by Gasteiger charge is -2.12. The number of hydrogen-bond acceptors (Lipinski definition) is 8. The molecule has 150 valence electrons. The summed E-state index contributed by atoms with van der Waals surface area (Å²) in [4.78, 5) is 57.0. The normalized spacial score (nSPS) is 12.7. The number of benzene rings is 1. The number of nitro groups is 1. The third-order valence-corrected chi connectivity index (χ3v) is 5.17. The molecular formula is C19H13N5O5S. The first-order valence-corrected chi connectivity index (χ1v) is 9.64. The molecule has 0 atom stereocenters. The molecule has 4 rings (SSSR count). The molecule has 3 aromatic rings. The van der Waals surface area contributed by atoms with Gasteiger partial charge in [0.2, 0.25) is 5.91 Å². The summed E-state index contributed by atoms with van der Waals surface area (Å²) >= 11 is 1.22. The van der Waals surface area contributed by atoms with Crippen LogP contribution in [0.3, 0.4) is 0 Å². The SMILES string of the molecule is O=C(CCN1C(=O)c2cccc([N+](=O)[O-])c2C1=O)Nc1nc(-c2ccccn2)cs1. The van der Waals surface area contributed by atoms with Gasteiger partial charge in [0, 0.05) is 30.6 Å². The molecule has 0 fully saturated rings. The highest BCUT2D eigenvalue weighted by atomic mass is 32.1. The van der Waals surface area contributed by atoms with Gasteiger partial charge >= 0.3 is 0 Å². The van der Waals surface area contributed by atoms with Crippen LogP contribution in [0, 0.1) is 10.1 Å². The third kappa shape index (κ3) is 3.53. The Morgan fingerprint density at radius 3 is 2.70 bits per heavy atom. The predicted molar refractivity (Wildman–Crippen MR) is 107 cm³/mol. The molecule has 1 aliphatic rings. The summed E-state index contributed by atoms with van der Waals surface area (Å²) in [6.45, 7) is -0.201. The minimum atomic E-state index is -0.776. The van der Waals surface area contributed by atoms with Crippen molar-refractivity contribution in [3.63, 3.8) is 0 Å². The van der Waals surface area contributed by atoms with Crippen molar-refractivity contribution in [3.8, 4) is 11.4 Å². The zero-order valence-corrected chi connectivity index (χ0v) is 16.1.